The molecule has 0 saturated heterocycles. The molecular formula is C12H13ClFN3. The minimum Gasteiger partial charge on any atom is -0.324 e. The fourth-order valence-electron chi connectivity index (χ4n) is 1.55. The van der Waals surface area contributed by atoms with E-state index in [9.17, 15) is 4.39 Å². The number of nitrogens with zero attached hydrogens (tertiary/aromatic N) is 2. The van der Waals surface area contributed by atoms with Crippen molar-refractivity contribution in [2.24, 2.45) is 5.73 Å². The van der Waals surface area contributed by atoms with E-state index in [2.05, 4.69) is 5.10 Å². The summed E-state index contributed by atoms with van der Waals surface area (Å²) < 4.78 is 15.3. The van der Waals surface area contributed by atoms with Crippen LogP contribution < -0.4 is 5.73 Å². The number of aromatic nitrogens is 2. The van der Waals surface area contributed by atoms with Gasteiger partial charge in [0.25, 0.3) is 0 Å². The van der Waals surface area contributed by atoms with Crippen molar-refractivity contribution in [3.05, 3.63) is 46.5 Å². The molecule has 3 nitrogen and oxygen atoms in total. The Kier molecular flexibility index (Phi) is 3.17. The van der Waals surface area contributed by atoms with Crippen molar-refractivity contribution in [1.82, 2.24) is 9.78 Å². The Morgan fingerprint density at radius 1 is 1.47 bits per heavy atom. The maximum absolute atomic E-state index is 13.9. The Hall–Kier alpha value is -1.39. The predicted octanol–water partition coefficient (Wildman–Crippen LogP) is 2.99. The van der Waals surface area contributed by atoms with Crippen molar-refractivity contribution >= 4 is 11.6 Å². The van der Waals surface area contributed by atoms with Gasteiger partial charge in [-0.2, -0.15) is 5.10 Å². The summed E-state index contributed by atoms with van der Waals surface area (Å²) >= 11 is 5.89. The zero-order valence-electron chi connectivity index (χ0n) is 9.61. The largest absolute Gasteiger partial charge is 0.324 e. The first-order valence-corrected chi connectivity index (χ1v) is 5.64. The first kappa shape index (κ1) is 12.1. The topological polar surface area (TPSA) is 43.8 Å². The van der Waals surface area contributed by atoms with Crippen LogP contribution in [0.2, 0.25) is 5.02 Å². The molecule has 0 radical (unpaired) electrons. The van der Waals surface area contributed by atoms with E-state index in [0.29, 0.717) is 16.4 Å². The van der Waals surface area contributed by atoms with Gasteiger partial charge in [-0.15, -0.1) is 0 Å². The Labute approximate surface area is 104 Å². The quantitative estimate of drug-likeness (QED) is 0.894. The molecule has 0 aliphatic heterocycles. The number of hydrogen-bond acceptors (Lipinski definition) is 2. The van der Waals surface area contributed by atoms with Crippen molar-refractivity contribution in [3.63, 3.8) is 0 Å². The van der Waals surface area contributed by atoms with Gasteiger partial charge in [0.15, 0.2) is 0 Å². The van der Waals surface area contributed by atoms with E-state index in [1.807, 2.05) is 6.92 Å². The second-order valence-electron chi connectivity index (χ2n) is 4.01. The predicted molar refractivity (Wildman–Crippen MR) is 65.9 cm³/mol. The lowest BCUT2D eigenvalue weighted by Gasteiger charge is -2.08. The van der Waals surface area contributed by atoms with Crippen molar-refractivity contribution in [1.29, 1.82) is 0 Å². The summed E-state index contributed by atoms with van der Waals surface area (Å²) in [7, 11) is 0. The number of halogens is 2. The number of rotatable bonds is 2. The van der Waals surface area contributed by atoms with Crippen LogP contribution in [0.5, 0.6) is 0 Å². The third-order valence-electron chi connectivity index (χ3n) is 2.58. The van der Waals surface area contributed by atoms with Crippen LogP contribution in [0, 0.1) is 12.7 Å². The molecule has 1 atom stereocenters. The van der Waals surface area contributed by atoms with E-state index in [1.165, 1.54) is 10.7 Å². The average Bonchev–Trinajstić information content (AvgIpc) is 2.58. The lowest BCUT2D eigenvalue weighted by atomic mass is 10.1. The van der Waals surface area contributed by atoms with Crippen LogP contribution in [0.3, 0.4) is 0 Å². The summed E-state index contributed by atoms with van der Waals surface area (Å²) in [6.07, 6.45) is 1.58. The number of benzene rings is 1. The molecule has 2 N–H and O–H groups in total. The Morgan fingerprint density at radius 2 is 2.18 bits per heavy atom. The van der Waals surface area contributed by atoms with Crippen molar-refractivity contribution in [2.45, 2.75) is 19.9 Å². The standard InChI is InChI=1S/C12H13ClFN3/c1-7(15)9-3-4-12(11(14)5-9)17-6-10(13)8(2)16-17/h3-7H,15H2,1-2H3/t7-/m1/s1. The smallest absolute Gasteiger partial charge is 0.149 e. The molecule has 0 fully saturated rings. The minimum atomic E-state index is -0.362. The molecule has 1 heterocycles. The fraction of sp³-hybridized carbons (Fsp3) is 0.250. The van der Waals surface area contributed by atoms with Gasteiger partial charge in [-0.1, -0.05) is 17.7 Å². The summed E-state index contributed by atoms with van der Waals surface area (Å²) in [6.45, 7) is 3.58. The van der Waals surface area contributed by atoms with Gasteiger partial charge in [0, 0.05) is 12.2 Å². The molecule has 0 aliphatic carbocycles. The highest BCUT2D eigenvalue weighted by atomic mass is 35.5. The molecule has 17 heavy (non-hydrogen) atoms. The van der Waals surface area contributed by atoms with Gasteiger partial charge in [-0.25, -0.2) is 9.07 Å². The van der Waals surface area contributed by atoms with E-state index in [4.69, 9.17) is 17.3 Å². The Morgan fingerprint density at radius 3 is 2.65 bits per heavy atom. The normalized spacial score (nSPS) is 12.8. The number of hydrogen-bond donors (Lipinski definition) is 1. The van der Waals surface area contributed by atoms with Crippen LogP contribution in [-0.2, 0) is 0 Å². The highest BCUT2D eigenvalue weighted by Crippen LogP contribution is 2.21. The zero-order chi connectivity index (χ0) is 12.6. The molecule has 1 aromatic carbocycles. The SMILES string of the molecule is Cc1nn(-c2ccc([C@@H](C)N)cc2F)cc1Cl. The molecule has 0 aliphatic rings. The molecule has 5 heteroatoms. The summed E-state index contributed by atoms with van der Waals surface area (Å²) in [5.74, 6) is -0.362. The molecule has 0 bridgehead atoms. The Bertz CT molecular complexity index is 529. The Balaban J connectivity index is 2.46. The first-order valence-electron chi connectivity index (χ1n) is 5.26. The van der Waals surface area contributed by atoms with Crippen molar-refractivity contribution in [2.75, 3.05) is 0 Å². The third-order valence-corrected chi connectivity index (χ3v) is 2.95. The van der Waals surface area contributed by atoms with Gasteiger partial charge < -0.3 is 5.73 Å². The minimum absolute atomic E-state index is 0.193. The maximum Gasteiger partial charge on any atom is 0.149 e. The molecule has 2 rings (SSSR count). The van der Waals surface area contributed by atoms with Crippen LogP contribution >= 0.6 is 11.6 Å². The molecule has 90 valence electrons. The zero-order valence-corrected chi connectivity index (χ0v) is 10.4. The average molecular weight is 254 g/mol. The van der Waals surface area contributed by atoms with Crippen molar-refractivity contribution < 1.29 is 4.39 Å². The molecule has 0 amide bonds. The summed E-state index contributed by atoms with van der Waals surface area (Å²) in [6, 6.07) is 4.66. The molecule has 0 saturated carbocycles. The van der Waals surface area contributed by atoms with E-state index in [-0.39, 0.29) is 11.9 Å². The summed E-state index contributed by atoms with van der Waals surface area (Å²) in [5.41, 5.74) is 7.47. The van der Waals surface area contributed by atoms with Gasteiger partial charge in [0.2, 0.25) is 0 Å². The van der Waals surface area contributed by atoms with Gasteiger partial charge >= 0.3 is 0 Å². The molecule has 0 unspecified atom stereocenters. The highest BCUT2D eigenvalue weighted by Gasteiger charge is 2.10. The monoisotopic (exact) mass is 253 g/mol. The van der Waals surface area contributed by atoms with Crippen LogP contribution in [0.4, 0.5) is 4.39 Å². The van der Waals surface area contributed by atoms with E-state index in [1.54, 1.807) is 25.3 Å². The van der Waals surface area contributed by atoms with Crippen LogP contribution in [0.1, 0.15) is 24.2 Å². The molecule has 1 aromatic heterocycles. The molecule has 2 aromatic rings. The highest BCUT2D eigenvalue weighted by molar-refractivity contribution is 6.31. The lowest BCUT2D eigenvalue weighted by Crippen LogP contribution is -2.07. The second-order valence-corrected chi connectivity index (χ2v) is 4.41. The second kappa shape index (κ2) is 4.47. The fourth-order valence-corrected chi connectivity index (χ4v) is 1.68. The van der Waals surface area contributed by atoms with Gasteiger partial charge in [-0.05, 0) is 31.5 Å². The van der Waals surface area contributed by atoms with E-state index >= 15 is 0 Å². The molecular weight excluding hydrogens is 241 g/mol. The maximum atomic E-state index is 13.9. The van der Waals surface area contributed by atoms with E-state index < -0.39 is 0 Å². The van der Waals surface area contributed by atoms with Gasteiger partial charge in [-0.3, -0.25) is 0 Å². The van der Waals surface area contributed by atoms with Crippen LogP contribution in [-0.4, -0.2) is 9.78 Å². The summed E-state index contributed by atoms with van der Waals surface area (Å²) in [4.78, 5) is 0. The van der Waals surface area contributed by atoms with Crippen molar-refractivity contribution in [3.8, 4) is 5.69 Å². The number of nitrogens with two attached hydrogens (primary N) is 1. The van der Waals surface area contributed by atoms with Gasteiger partial charge in [0.05, 0.1) is 10.7 Å². The van der Waals surface area contributed by atoms with E-state index in [0.717, 1.165) is 5.56 Å². The lowest BCUT2D eigenvalue weighted by molar-refractivity contribution is 0.605. The first-order chi connectivity index (χ1) is 7.99. The van der Waals surface area contributed by atoms with Gasteiger partial charge in [0.1, 0.15) is 11.5 Å². The third kappa shape index (κ3) is 2.33. The summed E-state index contributed by atoms with van der Waals surface area (Å²) in [5, 5.41) is 4.64. The number of aryl methyl sites for hydroxylation is 1. The van der Waals surface area contributed by atoms with Crippen LogP contribution in [0.15, 0.2) is 24.4 Å². The molecule has 0 spiro atoms. The van der Waals surface area contributed by atoms with Crippen LogP contribution in [0.25, 0.3) is 5.69 Å².